The molecule has 0 unspecified atom stereocenters. The second-order valence-electron chi connectivity index (χ2n) is 3.37. The highest BCUT2D eigenvalue weighted by atomic mass is 35.5. The summed E-state index contributed by atoms with van der Waals surface area (Å²) in [7, 11) is 1.57. The third-order valence-corrected chi connectivity index (χ3v) is 2.54. The van der Waals surface area contributed by atoms with E-state index in [1.807, 2.05) is 0 Å². The number of anilines is 1. The quantitative estimate of drug-likeness (QED) is 0.724. The van der Waals surface area contributed by atoms with Gasteiger partial charge in [0.05, 0.1) is 22.8 Å². The number of hydrogen-bond donors (Lipinski definition) is 1. The second kappa shape index (κ2) is 3.55. The summed E-state index contributed by atoms with van der Waals surface area (Å²) in [5, 5.41) is 2.99. The fourth-order valence-electron chi connectivity index (χ4n) is 1.51. The molecule has 0 bridgehead atoms. The Kier molecular flexibility index (Phi) is 2.36. The Morgan fingerprint density at radius 1 is 1.40 bits per heavy atom. The van der Waals surface area contributed by atoms with Gasteiger partial charge in [0.1, 0.15) is 0 Å². The highest BCUT2D eigenvalue weighted by Crippen LogP contribution is 2.27. The lowest BCUT2D eigenvalue weighted by Gasteiger charge is -2.12. The third-order valence-electron chi connectivity index (χ3n) is 2.23. The molecule has 1 aromatic carbocycles. The van der Waals surface area contributed by atoms with Crippen LogP contribution in [0.5, 0.6) is 0 Å². The molecular formula is C10H9ClN2O2. The van der Waals surface area contributed by atoms with Gasteiger partial charge in [-0.15, -0.1) is 0 Å². The number of fused-ring (bicyclic) bond motifs is 1. The molecule has 4 nitrogen and oxygen atoms in total. The SMILES string of the molecule is CN1CC(=O)Nc2cccc(Cl)c2C1=O. The number of hydrogen-bond acceptors (Lipinski definition) is 2. The molecular weight excluding hydrogens is 216 g/mol. The van der Waals surface area contributed by atoms with Gasteiger partial charge in [0.25, 0.3) is 5.91 Å². The van der Waals surface area contributed by atoms with Crippen molar-refractivity contribution in [3.63, 3.8) is 0 Å². The van der Waals surface area contributed by atoms with Gasteiger partial charge in [-0.1, -0.05) is 17.7 Å². The molecule has 1 aliphatic heterocycles. The zero-order valence-electron chi connectivity index (χ0n) is 8.08. The number of amides is 2. The summed E-state index contributed by atoms with van der Waals surface area (Å²) in [5.74, 6) is -0.458. The van der Waals surface area contributed by atoms with Gasteiger partial charge in [0.2, 0.25) is 5.91 Å². The molecule has 0 aromatic heterocycles. The van der Waals surface area contributed by atoms with Gasteiger partial charge in [0, 0.05) is 7.05 Å². The van der Waals surface area contributed by atoms with Crippen molar-refractivity contribution in [2.75, 3.05) is 18.9 Å². The van der Waals surface area contributed by atoms with Gasteiger partial charge in [-0.25, -0.2) is 0 Å². The number of halogens is 1. The summed E-state index contributed by atoms with van der Waals surface area (Å²) in [6, 6.07) is 4.99. The first-order chi connectivity index (χ1) is 7.09. The van der Waals surface area contributed by atoms with Crippen molar-refractivity contribution in [1.29, 1.82) is 0 Å². The van der Waals surface area contributed by atoms with Crippen LogP contribution in [0.25, 0.3) is 0 Å². The Morgan fingerprint density at radius 3 is 2.87 bits per heavy atom. The largest absolute Gasteiger partial charge is 0.332 e. The first-order valence-electron chi connectivity index (χ1n) is 4.43. The zero-order chi connectivity index (χ0) is 11.0. The van der Waals surface area contributed by atoms with Crippen molar-refractivity contribution in [1.82, 2.24) is 4.90 Å². The van der Waals surface area contributed by atoms with Crippen LogP contribution in [-0.4, -0.2) is 30.3 Å². The summed E-state index contributed by atoms with van der Waals surface area (Å²) in [5.41, 5.74) is 0.828. The van der Waals surface area contributed by atoms with E-state index < -0.39 is 0 Å². The van der Waals surface area contributed by atoms with Crippen LogP contribution in [0.2, 0.25) is 5.02 Å². The molecule has 0 spiro atoms. The predicted octanol–water partition coefficient (Wildman–Crippen LogP) is 1.36. The smallest absolute Gasteiger partial charge is 0.257 e. The van der Waals surface area contributed by atoms with E-state index in [0.717, 1.165) is 0 Å². The van der Waals surface area contributed by atoms with Gasteiger partial charge >= 0.3 is 0 Å². The van der Waals surface area contributed by atoms with Crippen LogP contribution in [0.3, 0.4) is 0 Å². The van der Waals surface area contributed by atoms with E-state index >= 15 is 0 Å². The minimum absolute atomic E-state index is 0.0455. The summed E-state index contributed by atoms with van der Waals surface area (Å²) >= 11 is 5.92. The molecule has 0 aliphatic carbocycles. The molecule has 78 valence electrons. The molecule has 0 radical (unpaired) electrons. The van der Waals surface area contributed by atoms with Crippen molar-refractivity contribution < 1.29 is 9.59 Å². The lowest BCUT2D eigenvalue weighted by atomic mass is 10.1. The number of benzene rings is 1. The van der Waals surface area contributed by atoms with Gasteiger partial charge in [0.15, 0.2) is 0 Å². The van der Waals surface area contributed by atoms with E-state index in [1.54, 1.807) is 25.2 Å². The zero-order valence-corrected chi connectivity index (χ0v) is 8.84. The molecule has 1 aromatic rings. The van der Waals surface area contributed by atoms with Crippen LogP contribution in [0.15, 0.2) is 18.2 Å². The summed E-state index contributed by atoms with van der Waals surface area (Å²) in [4.78, 5) is 24.6. The van der Waals surface area contributed by atoms with E-state index in [9.17, 15) is 9.59 Å². The Morgan fingerprint density at radius 2 is 2.13 bits per heavy atom. The third kappa shape index (κ3) is 1.68. The maximum atomic E-state index is 11.9. The van der Waals surface area contributed by atoms with E-state index in [2.05, 4.69) is 5.32 Å². The average Bonchev–Trinajstić information content (AvgIpc) is 2.26. The predicted molar refractivity (Wildman–Crippen MR) is 57.0 cm³/mol. The lowest BCUT2D eigenvalue weighted by Crippen LogP contribution is -2.31. The van der Waals surface area contributed by atoms with Crippen molar-refractivity contribution in [2.45, 2.75) is 0 Å². The van der Waals surface area contributed by atoms with Crippen LogP contribution >= 0.6 is 11.6 Å². The molecule has 15 heavy (non-hydrogen) atoms. The molecule has 0 saturated carbocycles. The lowest BCUT2D eigenvalue weighted by molar-refractivity contribution is -0.116. The highest BCUT2D eigenvalue weighted by molar-refractivity contribution is 6.35. The van der Waals surface area contributed by atoms with Gasteiger partial charge in [-0.05, 0) is 12.1 Å². The molecule has 0 atom stereocenters. The topological polar surface area (TPSA) is 49.4 Å². The van der Waals surface area contributed by atoms with Crippen molar-refractivity contribution >= 4 is 29.1 Å². The first-order valence-corrected chi connectivity index (χ1v) is 4.81. The molecule has 5 heteroatoms. The van der Waals surface area contributed by atoms with Gasteiger partial charge in [-0.2, -0.15) is 0 Å². The molecule has 1 aliphatic rings. The molecule has 0 fully saturated rings. The maximum Gasteiger partial charge on any atom is 0.257 e. The van der Waals surface area contributed by atoms with Crippen LogP contribution in [0.4, 0.5) is 5.69 Å². The van der Waals surface area contributed by atoms with E-state index in [0.29, 0.717) is 16.3 Å². The summed E-state index contributed by atoms with van der Waals surface area (Å²) in [6.07, 6.45) is 0. The number of nitrogens with one attached hydrogen (secondary N) is 1. The Hall–Kier alpha value is -1.55. The number of likely N-dealkylation sites (N-methyl/N-ethyl adjacent to an activating group) is 1. The minimum atomic E-state index is -0.242. The number of nitrogens with zero attached hydrogens (tertiary/aromatic N) is 1. The van der Waals surface area contributed by atoms with Crippen LogP contribution in [-0.2, 0) is 4.79 Å². The Bertz CT molecular complexity index is 445. The summed E-state index contributed by atoms with van der Waals surface area (Å²) < 4.78 is 0. The monoisotopic (exact) mass is 224 g/mol. The maximum absolute atomic E-state index is 11.9. The minimum Gasteiger partial charge on any atom is -0.332 e. The first kappa shape index (κ1) is 9.98. The summed E-state index contributed by atoms with van der Waals surface area (Å²) in [6.45, 7) is 0.0455. The van der Waals surface area contributed by atoms with Crippen LogP contribution in [0, 0.1) is 0 Å². The molecule has 2 amide bonds. The molecule has 1 heterocycles. The van der Waals surface area contributed by atoms with Crippen molar-refractivity contribution in [3.8, 4) is 0 Å². The molecule has 2 rings (SSSR count). The number of carbonyl (C=O) groups excluding carboxylic acids is 2. The Labute approximate surface area is 91.8 Å². The number of carbonyl (C=O) groups is 2. The second-order valence-corrected chi connectivity index (χ2v) is 3.78. The highest BCUT2D eigenvalue weighted by Gasteiger charge is 2.25. The van der Waals surface area contributed by atoms with Crippen molar-refractivity contribution in [2.24, 2.45) is 0 Å². The standard InChI is InChI=1S/C10H9ClN2O2/c1-13-5-8(14)12-7-4-2-3-6(11)9(7)10(13)15/h2-4H,5H2,1H3,(H,12,14). The number of rotatable bonds is 0. The fraction of sp³-hybridized carbons (Fsp3) is 0.200. The molecule has 0 saturated heterocycles. The molecule has 1 N–H and O–H groups in total. The van der Waals surface area contributed by atoms with Crippen LogP contribution in [0.1, 0.15) is 10.4 Å². The fourth-order valence-corrected chi connectivity index (χ4v) is 1.77. The van der Waals surface area contributed by atoms with Crippen molar-refractivity contribution in [3.05, 3.63) is 28.8 Å². The average molecular weight is 225 g/mol. The van der Waals surface area contributed by atoms with E-state index in [1.165, 1.54) is 4.90 Å². The van der Waals surface area contributed by atoms with Gasteiger partial charge in [-0.3, -0.25) is 9.59 Å². The normalized spacial score (nSPS) is 15.7. The van der Waals surface area contributed by atoms with E-state index in [-0.39, 0.29) is 18.4 Å². The van der Waals surface area contributed by atoms with Gasteiger partial charge < -0.3 is 10.2 Å². The Balaban J connectivity index is 2.60. The van der Waals surface area contributed by atoms with E-state index in [4.69, 9.17) is 11.6 Å². The van der Waals surface area contributed by atoms with Crippen LogP contribution < -0.4 is 5.32 Å².